The van der Waals surface area contributed by atoms with Crippen LogP contribution in [0.25, 0.3) is 0 Å². The van der Waals surface area contributed by atoms with Crippen molar-refractivity contribution in [1.82, 2.24) is 0 Å². The maximum Gasteiger partial charge on any atom is 0.176 e. The molecular formula is C16H14O2. The Labute approximate surface area is 107 Å². The first-order valence-corrected chi connectivity index (χ1v) is 5.66. The number of benzene rings is 2. The lowest BCUT2D eigenvalue weighted by Gasteiger charge is -2.23. The first kappa shape index (κ1) is 12.4. The maximum absolute atomic E-state index is 10.6. The molecule has 90 valence electrons. The summed E-state index contributed by atoms with van der Waals surface area (Å²) in [5.41, 5.74) is 0.624. The molecule has 0 aliphatic rings. The van der Waals surface area contributed by atoms with Crippen LogP contribution in [0.15, 0.2) is 54.6 Å². The van der Waals surface area contributed by atoms with Gasteiger partial charge < -0.3 is 10.2 Å². The third-order valence-corrected chi connectivity index (χ3v) is 2.95. The van der Waals surface area contributed by atoms with E-state index in [9.17, 15) is 5.11 Å². The summed E-state index contributed by atoms with van der Waals surface area (Å²) >= 11 is 0. The van der Waals surface area contributed by atoms with Crippen molar-refractivity contribution in [2.45, 2.75) is 12.2 Å². The summed E-state index contributed by atoms with van der Waals surface area (Å²) in [4.78, 5) is 0. The molecule has 0 saturated carbocycles. The Balaban J connectivity index is 2.47. The molecule has 1 atom stereocenters. The van der Waals surface area contributed by atoms with Crippen molar-refractivity contribution in [3.8, 4) is 12.3 Å². The molecule has 2 nitrogen and oxygen atoms in total. The van der Waals surface area contributed by atoms with E-state index >= 15 is 0 Å². The van der Waals surface area contributed by atoms with Crippen molar-refractivity contribution in [1.29, 1.82) is 0 Å². The summed E-state index contributed by atoms with van der Waals surface area (Å²) in [5, 5.41) is 19.6. The van der Waals surface area contributed by atoms with Crippen LogP contribution >= 0.6 is 0 Å². The van der Waals surface area contributed by atoms with E-state index in [0.717, 1.165) is 5.56 Å². The summed E-state index contributed by atoms with van der Waals surface area (Å²) in [5.74, 6) is 2.44. The van der Waals surface area contributed by atoms with Gasteiger partial charge in [0.15, 0.2) is 5.60 Å². The summed E-state index contributed by atoms with van der Waals surface area (Å²) in [7, 11) is 0. The Hall–Kier alpha value is -2.08. The zero-order valence-corrected chi connectivity index (χ0v) is 9.88. The van der Waals surface area contributed by atoms with Crippen LogP contribution in [0.4, 0.5) is 0 Å². The number of hydrogen-bond donors (Lipinski definition) is 2. The molecule has 2 aromatic rings. The van der Waals surface area contributed by atoms with Gasteiger partial charge in [-0.25, -0.2) is 0 Å². The molecule has 2 rings (SSSR count). The van der Waals surface area contributed by atoms with Crippen LogP contribution in [0.1, 0.15) is 16.7 Å². The van der Waals surface area contributed by atoms with Gasteiger partial charge in [0, 0.05) is 11.1 Å². The second kappa shape index (κ2) is 5.05. The molecule has 0 aliphatic heterocycles. The van der Waals surface area contributed by atoms with Crippen molar-refractivity contribution in [3.05, 3.63) is 71.3 Å². The van der Waals surface area contributed by atoms with Crippen LogP contribution in [0, 0.1) is 12.3 Å². The Morgan fingerprint density at radius 2 is 1.50 bits per heavy atom. The zero-order valence-electron chi connectivity index (χ0n) is 9.88. The van der Waals surface area contributed by atoms with E-state index in [1.165, 1.54) is 0 Å². The summed E-state index contributed by atoms with van der Waals surface area (Å²) in [6.07, 6.45) is 5.49. The molecule has 0 bridgehead atoms. The highest BCUT2D eigenvalue weighted by atomic mass is 16.3. The second-order valence-corrected chi connectivity index (χ2v) is 4.08. The predicted molar refractivity (Wildman–Crippen MR) is 70.6 cm³/mol. The minimum absolute atomic E-state index is 0.0277. The first-order chi connectivity index (χ1) is 8.70. The van der Waals surface area contributed by atoms with Gasteiger partial charge in [0.2, 0.25) is 0 Å². The summed E-state index contributed by atoms with van der Waals surface area (Å²) in [6, 6.07) is 16.1. The second-order valence-electron chi connectivity index (χ2n) is 4.08. The smallest absolute Gasteiger partial charge is 0.176 e. The summed E-state index contributed by atoms with van der Waals surface area (Å²) in [6.45, 7) is -0.0277. The van der Waals surface area contributed by atoms with Gasteiger partial charge >= 0.3 is 0 Å². The Morgan fingerprint density at radius 1 is 0.944 bits per heavy atom. The SMILES string of the molecule is C#CC(O)(c1ccccc1)c1ccc(CO)cc1. The van der Waals surface area contributed by atoms with Gasteiger partial charge in [-0.15, -0.1) is 6.42 Å². The van der Waals surface area contributed by atoms with E-state index in [2.05, 4.69) is 5.92 Å². The quantitative estimate of drug-likeness (QED) is 0.803. The van der Waals surface area contributed by atoms with Gasteiger partial charge in [0.05, 0.1) is 6.61 Å². The van der Waals surface area contributed by atoms with Gasteiger partial charge in [-0.05, 0) is 5.56 Å². The van der Waals surface area contributed by atoms with E-state index in [4.69, 9.17) is 11.5 Å². The van der Waals surface area contributed by atoms with E-state index in [1.54, 1.807) is 36.4 Å². The van der Waals surface area contributed by atoms with Crippen molar-refractivity contribution < 1.29 is 10.2 Å². The molecule has 2 aromatic carbocycles. The molecule has 2 N–H and O–H groups in total. The number of aliphatic hydroxyl groups excluding tert-OH is 1. The van der Waals surface area contributed by atoms with Gasteiger partial charge in [-0.3, -0.25) is 0 Å². The molecular weight excluding hydrogens is 224 g/mol. The molecule has 0 spiro atoms. The van der Waals surface area contributed by atoms with Crippen LogP contribution < -0.4 is 0 Å². The van der Waals surface area contributed by atoms with E-state index in [0.29, 0.717) is 11.1 Å². The van der Waals surface area contributed by atoms with E-state index in [-0.39, 0.29) is 6.61 Å². The van der Waals surface area contributed by atoms with E-state index in [1.807, 2.05) is 18.2 Å². The molecule has 0 fully saturated rings. The average molecular weight is 238 g/mol. The lowest BCUT2D eigenvalue weighted by Crippen LogP contribution is -2.24. The zero-order chi connectivity index (χ0) is 13.0. The highest BCUT2D eigenvalue weighted by molar-refractivity contribution is 5.44. The minimum Gasteiger partial charge on any atom is -0.392 e. The van der Waals surface area contributed by atoms with Crippen LogP contribution in [0.5, 0.6) is 0 Å². The lowest BCUT2D eigenvalue weighted by molar-refractivity contribution is 0.145. The number of rotatable bonds is 3. The number of aliphatic hydroxyl groups is 2. The molecule has 2 heteroatoms. The van der Waals surface area contributed by atoms with Crippen molar-refractivity contribution in [2.24, 2.45) is 0 Å². The van der Waals surface area contributed by atoms with Gasteiger partial charge in [0.1, 0.15) is 0 Å². The molecule has 0 radical (unpaired) electrons. The Morgan fingerprint density at radius 3 is 2.00 bits per heavy atom. The minimum atomic E-state index is -1.44. The fraction of sp³-hybridized carbons (Fsp3) is 0.125. The van der Waals surface area contributed by atoms with Crippen molar-refractivity contribution in [3.63, 3.8) is 0 Å². The Bertz CT molecular complexity index is 552. The number of terminal acetylenes is 1. The third-order valence-electron chi connectivity index (χ3n) is 2.95. The van der Waals surface area contributed by atoms with E-state index < -0.39 is 5.60 Å². The third kappa shape index (κ3) is 2.14. The number of hydrogen-bond acceptors (Lipinski definition) is 2. The maximum atomic E-state index is 10.6. The summed E-state index contributed by atoms with van der Waals surface area (Å²) < 4.78 is 0. The monoisotopic (exact) mass is 238 g/mol. The molecule has 0 aliphatic carbocycles. The molecule has 18 heavy (non-hydrogen) atoms. The molecule has 1 unspecified atom stereocenters. The average Bonchev–Trinajstić information content (AvgIpc) is 2.47. The van der Waals surface area contributed by atoms with Crippen molar-refractivity contribution >= 4 is 0 Å². The van der Waals surface area contributed by atoms with Crippen LogP contribution in [0.3, 0.4) is 0 Å². The Kier molecular flexibility index (Phi) is 3.47. The van der Waals surface area contributed by atoms with Gasteiger partial charge in [0.25, 0.3) is 0 Å². The molecule has 0 saturated heterocycles. The topological polar surface area (TPSA) is 40.5 Å². The van der Waals surface area contributed by atoms with Gasteiger partial charge in [-0.2, -0.15) is 0 Å². The highest BCUT2D eigenvalue weighted by Crippen LogP contribution is 2.28. The predicted octanol–water partition coefficient (Wildman–Crippen LogP) is 2.05. The van der Waals surface area contributed by atoms with Gasteiger partial charge in [-0.1, -0.05) is 60.5 Å². The molecule has 0 amide bonds. The highest BCUT2D eigenvalue weighted by Gasteiger charge is 2.28. The molecule has 0 heterocycles. The standard InChI is InChI=1S/C16H14O2/c1-2-16(18,14-6-4-3-5-7-14)15-10-8-13(12-17)9-11-15/h1,3-11,17-18H,12H2. The lowest BCUT2D eigenvalue weighted by atomic mass is 9.87. The van der Waals surface area contributed by atoms with Crippen LogP contribution in [-0.4, -0.2) is 10.2 Å². The van der Waals surface area contributed by atoms with Crippen molar-refractivity contribution in [2.75, 3.05) is 0 Å². The normalized spacial score (nSPS) is 13.6. The van der Waals surface area contributed by atoms with Crippen LogP contribution in [0.2, 0.25) is 0 Å². The fourth-order valence-electron chi connectivity index (χ4n) is 1.86. The van der Waals surface area contributed by atoms with Crippen LogP contribution in [-0.2, 0) is 12.2 Å². The largest absolute Gasteiger partial charge is 0.392 e. The first-order valence-electron chi connectivity index (χ1n) is 5.66. The fourth-order valence-corrected chi connectivity index (χ4v) is 1.86. The molecule has 0 aromatic heterocycles.